The third kappa shape index (κ3) is 7.92. The number of benzene rings is 2. The highest BCUT2D eigenvalue weighted by Gasteiger charge is 2.35. The number of aromatic nitrogens is 8. The van der Waals surface area contributed by atoms with Crippen LogP contribution in [0.2, 0.25) is 0 Å². The summed E-state index contributed by atoms with van der Waals surface area (Å²) in [5.74, 6) is 2.17. The van der Waals surface area contributed by atoms with Crippen LogP contribution in [0.4, 0.5) is 29.0 Å². The average Bonchev–Trinajstić information content (AvgIpc) is 3.84. The summed E-state index contributed by atoms with van der Waals surface area (Å²) in [5, 5.41) is 7.23. The number of morpholine rings is 1. The Balaban J connectivity index is 0.922. The van der Waals surface area contributed by atoms with Crippen LogP contribution in [0.1, 0.15) is 12.8 Å². The van der Waals surface area contributed by atoms with Crippen LogP contribution in [-0.2, 0) is 18.8 Å². The number of hydrogen-bond donors (Lipinski definition) is 3. The summed E-state index contributed by atoms with van der Waals surface area (Å²) in [4.78, 5) is 57.8. The van der Waals surface area contributed by atoms with Crippen molar-refractivity contribution < 1.29 is 14.2 Å². The molecule has 18 nitrogen and oxygen atoms in total. The number of nitrogens with zero attached hydrogens (tertiary/aromatic N) is 10. The van der Waals surface area contributed by atoms with Crippen LogP contribution in [0.25, 0.3) is 44.3 Å². The molecule has 2 saturated heterocycles. The molecule has 5 aromatic heterocycles. The number of likely N-dealkylation sites (tertiary alicyclic amines) is 1. The first kappa shape index (κ1) is 40.2. The number of pyridine rings is 2. The Bertz CT molecular complexity index is 2880. The number of rotatable bonds is 12. The SMILES string of the molecule is CNc1nc(-c2ccc(OCC(C3CN(c4ccc(Nc5nc(-c6cnc(N)nc6)cc6ncn(C)c(=O)c56)cc4)CCO3)N3CCCC3)c(OC)c2)cc2ncn(C)c(=O)c12. The highest BCUT2D eigenvalue weighted by Crippen LogP contribution is 2.35. The fraction of sp³-hybridized carbons (Fsp3) is 0.318. The van der Waals surface area contributed by atoms with Gasteiger partial charge in [0, 0.05) is 69.1 Å². The maximum absolute atomic E-state index is 13.3. The zero-order valence-electron chi connectivity index (χ0n) is 34.9. The standard InChI is InChI=1S/C44H47N13O5/c1-46-40-38-32(49-24-54(2)42(38)58)18-30(52-40)26-7-12-35(36(17-26)60-4)62-23-34(56-13-5-6-14-56)37-22-57(15-16-61-37)29-10-8-28(9-11-29)51-41-39-33(50-25-55(3)43(39)59)19-31(53-41)27-20-47-44(45)48-21-27/h7-12,17-21,24-25,34,37H,5-6,13-16,22-23H2,1-4H3,(H,46,52)(H,51,53)(H2,45,47,48). The molecule has 0 saturated carbocycles. The van der Waals surface area contributed by atoms with Crippen molar-refractivity contribution in [3.8, 4) is 34.0 Å². The summed E-state index contributed by atoms with van der Waals surface area (Å²) in [6.07, 6.45) is 8.32. The number of hydrogen-bond acceptors (Lipinski definition) is 16. The molecule has 2 aromatic carbocycles. The predicted octanol–water partition coefficient (Wildman–Crippen LogP) is 4.22. The number of nitrogens with two attached hydrogens (primary N) is 1. The Kier molecular flexibility index (Phi) is 11.1. The zero-order chi connectivity index (χ0) is 42.9. The van der Waals surface area contributed by atoms with E-state index in [-0.39, 0.29) is 29.2 Å². The first-order valence-electron chi connectivity index (χ1n) is 20.4. The monoisotopic (exact) mass is 837 g/mol. The predicted molar refractivity (Wildman–Crippen MR) is 238 cm³/mol. The summed E-state index contributed by atoms with van der Waals surface area (Å²) in [6, 6.07) is 17.4. The highest BCUT2D eigenvalue weighted by atomic mass is 16.5. The second-order valence-corrected chi connectivity index (χ2v) is 15.4. The van der Waals surface area contributed by atoms with Gasteiger partial charge in [0.25, 0.3) is 11.1 Å². The van der Waals surface area contributed by atoms with Crippen LogP contribution in [0.15, 0.2) is 89.2 Å². The fourth-order valence-electron chi connectivity index (χ4n) is 8.16. The maximum atomic E-state index is 13.3. The number of ether oxygens (including phenoxy) is 3. The van der Waals surface area contributed by atoms with Gasteiger partial charge >= 0.3 is 0 Å². The van der Waals surface area contributed by atoms with Crippen LogP contribution < -0.4 is 41.9 Å². The molecule has 2 atom stereocenters. The molecule has 2 unspecified atom stereocenters. The van der Waals surface area contributed by atoms with Gasteiger partial charge in [-0.25, -0.2) is 29.9 Å². The zero-order valence-corrected chi connectivity index (χ0v) is 34.9. The van der Waals surface area contributed by atoms with Crippen molar-refractivity contribution in [1.82, 2.24) is 43.9 Å². The molecule has 0 amide bonds. The minimum atomic E-state index is -0.220. The summed E-state index contributed by atoms with van der Waals surface area (Å²) in [5.41, 5.74) is 10.8. The van der Waals surface area contributed by atoms with Crippen LogP contribution in [0.5, 0.6) is 11.5 Å². The Morgan fingerprint density at radius 2 is 1.45 bits per heavy atom. The minimum Gasteiger partial charge on any atom is -0.493 e. The molecule has 62 heavy (non-hydrogen) atoms. The van der Waals surface area contributed by atoms with Crippen LogP contribution in [0, 0.1) is 0 Å². The molecule has 4 N–H and O–H groups in total. The average molecular weight is 838 g/mol. The molecule has 9 rings (SSSR count). The quantitative estimate of drug-likeness (QED) is 0.158. The molecule has 2 aliphatic rings. The normalized spacial score (nSPS) is 16.1. The van der Waals surface area contributed by atoms with Gasteiger partial charge in [-0.3, -0.25) is 14.5 Å². The van der Waals surface area contributed by atoms with E-state index in [1.165, 1.54) is 21.8 Å². The van der Waals surface area contributed by atoms with Gasteiger partial charge in [0.05, 0.1) is 60.9 Å². The lowest BCUT2D eigenvalue weighted by atomic mass is 10.1. The second kappa shape index (κ2) is 17.1. The summed E-state index contributed by atoms with van der Waals surface area (Å²) >= 11 is 0. The van der Waals surface area contributed by atoms with Crippen LogP contribution in [-0.4, -0.2) is 110 Å². The molecule has 0 spiro atoms. The third-order valence-corrected chi connectivity index (χ3v) is 11.5. The van der Waals surface area contributed by atoms with Crippen molar-refractivity contribution >= 4 is 50.8 Å². The molecule has 0 bridgehead atoms. The molecule has 18 heteroatoms. The van der Waals surface area contributed by atoms with Gasteiger partial charge in [-0.05, 0) is 80.5 Å². The molecule has 7 heterocycles. The van der Waals surface area contributed by atoms with E-state index in [9.17, 15) is 9.59 Å². The summed E-state index contributed by atoms with van der Waals surface area (Å²) < 4.78 is 21.8. The number of nitrogens with one attached hydrogen (secondary N) is 2. The topological polar surface area (TPSA) is 206 Å². The van der Waals surface area contributed by atoms with Crippen molar-refractivity contribution in [2.24, 2.45) is 14.1 Å². The highest BCUT2D eigenvalue weighted by molar-refractivity contribution is 5.93. The third-order valence-electron chi connectivity index (χ3n) is 11.5. The number of anilines is 5. The Morgan fingerprint density at radius 1 is 0.806 bits per heavy atom. The van der Waals surface area contributed by atoms with E-state index in [1.807, 2.05) is 36.4 Å². The van der Waals surface area contributed by atoms with Gasteiger partial charge in [0.2, 0.25) is 5.95 Å². The lowest BCUT2D eigenvalue weighted by Crippen LogP contribution is -2.55. The van der Waals surface area contributed by atoms with E-state index in [0.717, 1.165) is 49.4 Å². The van der Waals surface area contributed by atoms with E-state index in [1.54, 1.807) is 46.7 Å². The van der Waals surface area contributed by atoms with Crippen molar-refractivity contribution in [2.45, 2.75) is 25.0 Å². The molecule has 0 aliphatic carbocycles. The van der Waals surface area contributed by atoms with Gasteiger partial charge in [-0.1, -0.05) is 0 Å². The van der Waals surface area contributed by atoms with E-state index in [0.29, 0.717) is 81.7 Å². The molecular formula is C44H47N13O5. The van der Waals surface area contributed by atoms with Gasteiger partial charge in [-0.2, -0.15) is 0 Å². The van der Waals surface area contributed by atoms with E-state index in [4.69, 9.17) is 29.9 Å². The van der Waals surface area contributed by atoms with E-state index >= 15 is 0 Å². The second-order valence-electron chi connectivity index (χ2n) is 15.4. The fourth-order valence-corrected chi connectivity index (χ4v) is 8.16. The molecule has 2 aliphatic heterocycles. The first-order valence-corrected chi connectivity index (χ1v) is 20.4. The Morgan fingerprint density at radius 3 is 2.11 bits per heavy atom. The summed E-state index contributed by atoms with van der Waals surface area (Å²) in [7, 11) is 6.69. The largest absolute Gasteiger partial charge is 0.493 e. The van der Waals surface area contributed by atoms with Crippen LogP contribution in [0.3, 0.4) is 0 Å². The number of fused-ring (bicyclic) bond motifs is 2. The van der Waals surface area contributed by atoms with Crippen molar-refractivity contribution in [2.75, 3.05) is 74.8 Å². The number of aryl methyl sites for hydroxylation is 2. The van der Waals surface area contributed by atoms with Crippen molar-refractivity contribution in [3.05, 3.63) is 100 Å². The van der Waals surface area contributed by atoms with Gasteiger partial charge in [0.1, 0.15) is 29.0 Å². The van der Waals surface area contributed by atoms with E-state index in [2.05, 4.69) is 52.5 Å². The number of nitrogen functional groups attached to an aromatic ring is 1. The Hall–Kier alpha value is -7.18. The lowest BCUT2D eigenvalue weighted by molar-refractivity contribution is -0.0314. The molecular weight excluding hydrogens is 791 g/mol. The smallest absolute Gasteiger partial charge is 0.264 e. The summed E-state index contributed by atoms with van der Waals surface area (Å²) in [6.45, 7) is 4.31. The van der Waals surface area contributed by atoms with Crippen molar-refractivity contribution in [3.63, 3.8) is 0 Å². The van der Waals surface area contributed by atoms with Gasteiger partial charge in [-0.15, -0.1) is 0 Å². The lowest BCUT2D eigenvalue weighted by Gasteiger charge is -2.41. The van der Waals surface area contributed by atoms with E-state index < -0.39 is 0 Å². The molecule has 318 valence electrons. The Labute approximate surface area is 356 Å². The molecule has 7 aromatic rings. The number of methoxy groups -OCH3 is 1. The molecule has 2 fully saturated rings. The van der Waals surface area contributed by atoms with Crippen LogP contribution >= 0.6 is 0 Å². The maximum Gasteiger partial charge on any atom is 0.264 e. The van der Waals surface area contributed by atoms with Crippen molar-refractivity contribution in [1.29, 1.82) is 0 Å². The minimum absolute atomic E-state index is 0.00559. The molecule has 0 radical (unpaired) electrons. The van der Waals surface area contributed by atoms with Gasteiger partial charge < -0.3 is 44.6 Å². The van der Waals surface area contributed by atoms with Gasteiger partial charge in [0.15, 0.2) is 11.5 Å². The first-order chi connectivity index (χ1) is 30.2.